The van der Waals surface area contributed by atoms with E-state index >= 15 is 0 Å². The van der Waals surface area contributed by atoms with Crippen LogP contribution < -0.4 is 4.74 Å². The van der Waals surface area contributed by atoms with Gasteiger partial charge in [-0.25, -0.2) is 4.79 Å². The minimum atomic E-state index is -0.885. The minimum absolute atomic E-state index is 0.229. The molecule has 0 spiro atoms. The summed E-state index contributed by atoms with van der Waals surface area (Å²) in [6.07, 6.45) is -0.157. The molecule has 5 heteroatoms. The fraction of sp³-hybridized carbons (Fsp3) is 0.632. The molecule has 0 heterocycles. The molecule has 0 radical (unpaired) electrons. The molecule has 0 bridgehead atoms. The third-order valence-electron chi connectivity index (χ3n) is 3.98. The second kappa shape index (κ2) is 7.77. The van der Waals surface area contributed by atoms with Gasteiger partial charge in [-0.3, -0.25) is 4.90 Å². The molecule has 0 saturated carbocycles. The van der Waals surface area contributed by atoms with E-state index in [1.807, 2.05) is 59.7 Å². The number of nitrogens with zero attached hydrogens (tertiary/aromatic N) is 1. The van der Waals surface area contributed by atoms with Crippen LogP contribution in [0.2, 0.25) is 0 Å². The molecule has 1 aromatic rings. The first-order valence-corrected chi connectivity index (χ1v) is 9.06. The number of ether oxygens (including phenoxy) is 1. The molecule has 1 amide bonds. The molecule has 1 N–H and O–H groups in total. The highest BCUT2D eigenvalue weighted by Gasteiger charge is 2.39. The number of hydrogen-bond donors (Lipinski definition) is 1. The van der Waals surface area contributed by atoms with Crippen LogP contribution >= 0.6 is 15.9 Å². The van der Waals surface area contributed by atoms with E-state index in [9.17, 15) is 9.90 Å². The van der Waals surface area contributed by atoms with E-state index in [0.29, 0.717) is 6.61 Å². The average molecular weight is 400 g/mol. The Balaban J connectivity index is 2.74. The van der Waals surface area contributed by atoms with Crippen molar-refractivity contribution >= 4 is 22.0 Å². The molecule has 1 rings (SSSR count). The van der Waals surface area contributed by atoms with Crippen molar-refractivity contribution < 1.29 is 14.6 Å². The zero-order valence-electron chi connectivity index (χ0n) is 15.8. The van der Waals surface area contributed by atoms with Gasteiger partial charge < -0.3 is 9.84 Å². The number of aryl methyl sites for hydroxylation is 1. The molecular formula is C19H30BrNO3. The highest BCUT2D eigenvalue weighted by molar-refractivity contribution is 9.10. The summed E-state index contributed by atoms with van der Waals surface area (Å²) >= 11 is 3.45. The number of amides is 1. The van der Waals surface area contributed by atoms with E-state index in [4.69, 9.17) is 4.74 Å². The Morgan fingerprint density at radius 1 is 1.29 bits per heavy atom. The maximum Gasteiger partial charge on any atom is 0.408 e. The lowest BCUT2D eigenvalue weighted by molar-refractivity contribution is 0.0187. The van der Waals surface area contributed by atoms with Gasteiger partial charge in [0.15, 0.2) is 0 Å². The summed E-state index contributed by atoms with van der Waals surface area (Å²) in [5, 5.41) is 9.62. The number of hydrogen-bond acceptors (Lipinski definition) is 2. The SMILES string of the molecule is Cc1cc(Br)ccc1OC[C@@H](C)CC(C)(C)N(C(=O)O)C(C)(C)C. The molecule has 0 aliphatic carbocycles. The summed E-state index contributed by atoms with van der Waals surface area (Å²) < 4.78 is 6.97. The molecule has 0 saturated heterocycles. The summed E-state index contributed by atoms with van der Waals surface area (Å²) in [5.74, 6) is 1.10. The molecule has 0 unspecified atom stereocenters. The van der Waals surface area contributed by atoms with Crippen LogP contribution in [0, 0.1) is 12.8 Å². The molecule has 0 aromatic heterocycles. The molecule has 0 aliphatic rings. The Labute approximate surface area is 154 Å². The second-order valence-corrected chi connectivity index (χ2v) is 9.05. The summed E-state index contributed by atoms with van der Waals surface area (Å²) in [5.41, 5.74) is 0.164. The summed E-state index contributed by atoms with van der Waals surface area (Å²) in [7, 11) is 0. The zero-order valence-corrected chi connectivity index (χ0v) is 17.4. The highest BCUT2D eigenvalue weighted by atomic mass is 79.9. The van der Waals surface area contributed by atoms with Gasteiger partial charge in [0.2, 0.25) is 0 Å². The van der Waals surface area contributed by atoms with Crippen LogP contribution in [-0.2, 0) is 0 Å². The summed E-state index contributed by atoms with van der Waals surface area (Å²) in [4.78, 5) is 13.3. The molecule has 0 aliphatic heterocycles. The molecule has 136 valence electrons. The van der Waals surface area contributed by atoms with Crippen LogP contribution in [0.3, 0.4) is 0 Å². The lowest BCUT2D eigenvalue weighted by Gasteiger charge is -2.46. The van der Waals surface area contributed by atoms with Gasteiger partial charge in [0, 0.05) is 15.6 Å². The number of halogens is 1. The van der Waals surface area contributed by atoms with Gasteiger partial charge in [-0.1, -0.05) is 22.9 Å². The fourth-order valence-electron chi connectivity index (χ4n) is 3.46. The molecule has 1 aromatic carbocycles. The Bertz CT molecular complexity index is 578. The van der Waals surface area contributed by atoms with Gasteiger partial charge >= 0.3 is 6.09 Å². The quantitative estimate of drug-likeness (QED) is 0.665. The van der Waals surface area contributed by atoms with Gasteiger partial charge in [0.25, 0.3) is 0 Å². The first-order chi connectivity index (χ1) is 10.8. The molecule has 4 nitrogen and oxygen atoms in total. The summed E-state index contributed by atoms with van der Waals surface area (Å²) in [6, 6.07) is 5.94. The number of carboxylic acid groups (broad SMARTS) is 1. The van der Waals surface area contributed by atoms with Crippen LogP contribution in [0.5, 0.6) is 5.75 Å². The maximum absolute atomic E-state index is 11.7. The minimum Gasteiger partial charge on any atom is -0.493 e. The molecular weight excluding hydrogens is 370 g/mol. The Hall–Kier alpha value is -1.23. The first kappa shape index (κ1) is 20.8. The monoisotopic (exact) mass is 399 g/mol. The molecule has 1 atom stereocenters. The van der Waals surface area contributed by atoms with Crippen molar-refractivity contribution in [2.75, 3.05) is 6.61 Å². The number of rotatable bonds is 6. The normalized spacial score (nSPS) is 13.5. The van der Waals surface area contributed by atoms with Crippen molar-refractivity contribution in [2.24, 2.45) is 5.92 Å². The predicted molar refractivity (Wildman–Crippen MR) is 102 cm³/mol. The van der Waals surface area contributed by atoms with Crippen LogP contribution in [0.15, 0.2) is 22.7 Å². The fourth-order valence-corrected chi connectivity index (χ4v) is 3.94. The molecule has 0 fully saturated rings. The van der Waals surface area contributed by atoms with Crippen molar-refractivity contribution in [3.8, 4) is 5.75 Å². The van der Waals surface area contributed by atoms with Gasteiger partial charge in [-0.2, -0.15) is 0 Å². The predicted octanol–water partition coefficient (Wildman–Crippen LogP) is 5.72. The molecule has 24 heavy (non-hydrogen) atoms. The van der Waals surface area contributed by atoms with E-state index in [-0.39, 0.29) is 5.92 Å². The standard InChI is InChI=1S/C19H30BrNO3/c1-13(12-24-16-9-8-15(20)10-14(16)2)11-19(6,7)21(17(22)23)18(3,4)5/h8-10,13H,11-12H2,1-7H3,(H,22,23)/t13-/m0/s1. The summed E-state index contributed by atoms with van der Waals surface area (Å²) in [6.45, 7) is 14.4. The van der Waals surface area contributed by atoms with E-state index in [2.05, 4.69) is 22.9 Å². The van der Waals surface area contributed by atoms with Crippen LogP contribution in [-0.4, -0.2) is 33.8 Å². The van der Waals surface area contributed by atoms with Crippen LogP contribution in [0.25, 0.3) is 0 Å². The van der Waals surface area contributed by atoms with Crippen LogP contribution in [0.1, 0.15) is 53.5 Å². The lowest BCUT2D eigenvalue weighted by Crippen LogP contribution is -2.57. The van der Waals surface area contributed by atoms with E-state index in [1.54, 1.807) is 4.90 Å². The van der Waals surface area contributed by atoms with E-state index in [1.165, 1.54) is 0 Å². The topological polar surface area (TPSA) is 49.8 Å². The second-order valence-electron chi connectivity index (χ2n) is 8.13. The number of benzene rings is 1. The van der Waals surface area contributed by atoms with Crippen molar-refractivity contribution in [3.63, 3.8) is 0 Å². The Morgan fingerprint density at radius 2 is 1.88 bits per heavy atom. The van der Waals surface area contributed by atoms with Crippen molar-refractivity contribution in [3.05, 3.63) is 28.2 Å². The van der Waals surface area contributed by atoms with Gasteiger partial charge in [0.1, 0.15) is 5.75 Å². The number of carbonyl (C=O) groups is 1. The first-order valence-electron chi connectivity index (χ1n) is 8.27. The highest BCUT2D eigenvalue weighted by Crippen LogP contribution is 2.31. The smallest absolute Gasteiger partial charge is 0.408 e. The van der Waals surface area contributed by atoms with Crippen molar-refractivity contribution in [2.45, 2.75) is 66.0 Å². The van der Waals surface area contributed by atoms with Gasteiger partial charge in [-0.05, 0) is 77.6 Å². The van der Waals surface area contributed by atoms with E-state index in [0.717, 1.165) is 22.2 Å². The van der Waals surface area contributed by atoms with Crippen molar-refractivity contribution in [1.29, 1.82) is 0 Å². The maximum atomic E-state index is 11.7. The zero-order chi connectivity index (χ0) is 18.7. The van der Waals surface area contributed by atoms with E-state index < -0.39 is 17.2 Å². The van der Waals surface area contributed by atoms with Crippen LogP contribution in [0.4, 0.5) is 4.79 Å². The third kappa shape index (κ3) is 5.69. The Morgan fingerprint density at radius 3 is 2.33 bits per heavy atom. The average Bonchev–Trinajstić information content (AvgIpc) is 2.33. The van der Waals surface area contributed by atoms with Gasteiger partial charge in [-0.15, -0.1) is 0 Å². The third-order valence-corrected chi connectivity index (χ3v) is 4.47. The lowest BCUT2D eigenvalue weighted by atomic mass is 9.87. The Kier molecular flexibility index (Phi) is 6.74. The largest absolute Gasteiger partial charge is 0.493 e. The van der Waals surface area contributed by atoms with Gasteiger partial charge in [0.05, 0.1) is 6.61 Å². The van der Waals surface area contributed by atoms with Crippen molar-refractivity contribution in [1.82, 2.24) is 4.90 Å².